The second-order valence-corrected chi connectivity index (χ2v) is 5.78. The van der Waals surface area contributed by atoms with E-state index < -0.39 is 6.04 Å². The van der Waals surface area contributed by atoms with Crippen LogP contribution in [0.5, 0.6) is 0 Å². The third-order valence-electron chi connectivity index (χ3n) is 4.12. The van der Waals surface area contributed by atoms with E-state index in [9.17, 15) is 14.7 Å². The van der Waals surface area contributed by atoms with Gasteiger partial charge in [0.2, 0.25) is 5.91 Å². The first kappa shape index (κ1) is 16.3. The number of nitrogens with zero attached hydrogens (tertiary/aromatic N) is 1. The molecule has 2 aromatic rings. The lowest BCUT2D eigenvalue weighted by Gasteiger charge is -2.34. The van der Waals surface area contributed by atoms with Crippen molar-refractivity contribution < 1.29 is 19.1 Å². The molecule has 1 atom stereocenters. The summed E-state index contributed by atoms with van der Waals surface area (Å²) in [7, 11) is 0. The van der Waals surface area contributed by atoms with Crippen molar-refractivity contribution in [1.82, 2.24) is 10.2 Å². The van der Waals surface area contributed by atoms with E-state index >= 15 is 0 Å². The maximum absolute atomic E-state index is 13.0. The second-order valence-electron chi connectivity index (χ2n) is 5.78. The van der Waals surface area contributed by atoms with Crippen LogP contribution >= 0.6 is 0 Å². The van der Waals surface area contributed by atoms with Gasteiger partial charge in [-0.05, 0) is 19.4 Å². The molecule has 2 N–H and O–H groups in total. The highest BCUT2D eigenvalue weighted by molar-refractivity contribution is 6.02. The number of furan rings is 1. The minimum absolute atomic E-state index is 0.155. The second kappa shape index (κ2) is 6.88. The molecule has 0 radical (unpaired) electrons. The minimum atomic E-state index is -0.657. The molecule has 0 bridgehead atoms. The fourth-order valence-electron chi connectivity index (χ4n) is 3.00. The number of benzene rings is 1. The van der Waals surface area contributed by atoms with E-state index in [4.69, 9.17) is 4.42 Å². The van der Waals surface area contributed by atoms with Gasteiger partial charge in [-0.2, -0.15) is 0 Å². The Morgan fingerprint density at radius 1 is 1.38 bits per heavy atom. The maximum atomic E-state index is 13.0. The van der Waals surface area contributed by atoms with E-state index in [2.05, 4.69) is 5.32 Å². The first-order valence-electron chi connectivity index (χ1n) is 7.97. The molecule has 1 aliphatic rings. The lowest BCUT2D eigenvalue weighted by molar-refractivity contribution is -0.128. The van der Waals surface area contributed by atoms with Crippen molar-refractivity contribution in [2.75, 3.05) is 19.7 Å². The molecule has 1 aliphatic heterocycles. The average molecular weight is 328 g/mol. The number of nitrogens with one attached hydrogen (secondary N) is 1. The Morgan fingerprint density at radius 3 is 2.83 bits per heavy atom. The van der Waals surface area contributed by atoms with Gasteiger partial charge in [-0.15, -0.1) is 0 Å². The van der Waals surface area contributed by atoms with Gasteiger partial charge in [0.15, 0.2) is 0 Å². The van der Waals surface area contributed by atoms with Crippen molar-refractivity contribution >= 4 is 11.8 Å². The number of carbonyl (C=O) groups excluding carboxylic acids is 2. The number of hydrogen-bond donors (Lipinski definition) is 2. The van der Waals surface area contributed by atoms with Crippen molar-refractivity contribution in [2.45, 2.75) is 19.4 Å². The summed E-state index contributed by atoms with van der Waals surface area (Å²) >= 11 is 0. The predicted octanol–water partition coefficient (Wildman–Crippen LogP) is 1.58. The van der Waals surface area contributed by atoms with Crippen LogP contribution in [0.25, 0.3) is 11.3 Å². The van der Waals surface area contributed by atoms with Gasteiger partial charge in [0.05, 0.1) is 5.56 Å². The Hall–Kier alpha value is -2.60. The van der Waals surface area contributed by atoms with Gasteiger partial charge in [-0.25, -0.2) is 0 Å². The maximum Gasteiger partial charge on any atom is 0.258 e. The summed E-state index contributed by atoms with van der Waals surface area (Å²) in [5.41, 5.74) is 1.26. The van der Waals surface area contributed by atoms with Gasteiger partial charge >= 0.3 is 0 Å². The van der Waals surface area contributed by atoms with Crippen LogP contribution in [0.4, 0.5) is 0 Å². The third kappa shape index (κ3) is 3.05. The van der Waals surface area contributed by atoms with Crippen LogP contribution in [0, 0.1) is 6.92 Å². The van der Waals surface area contributed by atoms with Crippen molar-refractivity contribution in [1.29, 1.82) is 0 Å². The molecule has 2 amide bonds. The van der Waals surface area contributed by atoms with Gasteiger partial charge < -0.3 is 19.7 Å². The smallest absolute Gasteiger partial charge is 0.258 e. The lowest BCUT2D eigenvalue weighted by Crippen LogP contribution is -2.57. The van der Waals surface area contributed by atoms with E-state index in [1.54, 1.807) is 13.0 Å². The highest BCUT2D eigenvalue weighted by Gasteiger charge is 2.34. The highest BCUT2D eigenvalue weighted by Crippen LogP contribution is 2.29. The zero-order chi connectivity index (χ0) is 17.1. The van der Waals surface area contributed by atoms with E-state index in [-0.39, 0.29) is 24.8 Å². The van der Waals surface area contributed by atoms with Crippen LogP contribution in [-0.2, 0) is 4.79 Å². The Labute approximate surface area is 140 Å². The van der Waals surface area contributed by atoms with Crippen LogP contribution in [0.1, 0.15) is 22.5 Å². The summed E-state index contributed by atoms with van der Waals surface area (Å²) in [5, 5.41) is 11.9. The van der Waals surface area contributed by atoms with E-state index in [0.29, 0.717) is 30.2 Å². The number of aliphatic hydroxyl groups is 1. The third-order valence-corrected chi connectivity index (χ3v) is 4.12. The van der Waals surface area contributed by atoms with Gasteiger partial charge in [0.25, 0.3) is 5.91 Å². The van der Waals surface area contributed by atoms with E-state index in [1.165, 1.54) is 4.90 Å². The van der Waals surface area contributed by atoms with Crippen LogP contribution in [0.2, 0.25) is 0 Å². The van der Waals surface area contributed by atoms with E-state index in [1.807, 2.05) is 30.3 Å². The topological polar surface area (TPSA) is 82.8 Å². The van der Waals surface area contributed by atoms with Gasteiger partial charge in [-0.1, -0.05) is 30.3 Å². The lowest BCUT2D eigenvalue weighted by atomic mass is 10.0. The monoisotopic (exact) mass is 328 g/mol. The molecule has 0 saturated carbocycles. The van der Waals surface area contributed by atoms with Gasteiger partial charge in [0.1, 0.15) is 17.6 Å². The number of piperazine rings is 1. The fraction of sp³-hybridized carbons (Fsp3) is 0.333. The molecule has 0 spiro atoms. The Bertz CT molecular complexity index is 739. The molecule has 0 aliphatic carbocycles. The largest absolute Gasteiger partial charge is 0.461 e. The van der Waals surface area contributed by atoms with Crippen LogP contribution in [0.15, 0.2) is 40.8 Å². The number of carbonyl (C=O) groups is 2. The molecule has 6 heteroatoms. The normalized spacial score (nSPS) is 17.7. The Kier molecular flexibility index (Phi) is 4.66. The quantitative estimate of drug-likeness (QED) is 0.893. The van der Waals surface area contributed by atoms with Crippen molar-refractivity contribution in [2.24, 2.45) is 0 Å². The van der Waals surface area contributed by atoms with Gasteiger partial charge in [0, 0.05) is 25.3 Å². The van der Waals surface area contributed by atoms with Gasteiger partial charge in [-0.3, -0.25) is 9.59 Å². The first-order valence-corrected chi connectivity index (χ1v) is 7.97. The van der Waals surface area contributed by atoms with Crippen molar-refractivity contribution in [3.8, 4) is 11.3 Å². The van der Waals surface area contributed by atoms with E-state index in [0.717, 1.165) is 5.56 Å². The zero-order valence-corrected chi connectivity index (χ0v) is 13.5. The fourth-order valence-corrected chi connectivity index (χ4v) is 3.00. The minimum Gasteiger partial charge on any atom is -0.461 e. The summed E-state index contributed by atoms with van der Waals surface area (Å²) in [4.78, 5) is 26.6. The first-order chi connectivity index (χ1) is 11.6. The molecule has 24 heavy (non-hydrogen) atoms. The Balaban J connectivity index is 1.96. The molecule has 3 rings (SSSR count). The average Bonchev–Trinajstić information content (AvgIpc) is 2.99. The van der Waals surface area contributed by atoms with Crippen LogP contribution < -0.4 is 5.32 Å². The molecule has 126 valence electrons. The predicted molar refractivity (Wildman–Crippen MR) is 88.4 cm³/mol. The molecular formula is C18H20N2O4. The molecule has 1 aromatic carbocycles. The summed E-state index contributed by atoms with van der Waals surface area (Å²) in [5.74, 6) is 0.660. The molecule has 0 unspecified atom stereocenters. The molecule has 1 saturated heterocycles. The van der Waals surface area contributed by atoms with Crippen molar-refractivity contribution in [3.63, 3.8) is 0 Å². The Morgan fingerprint density at radius 2 is 2.12 bits per heavy atom. The standard InChI is InChI=1S/C18H20N2O4/c1-12-11-14(16(24-12)13-5-3-2-4-6-13)18(23)20-9-8-19-17(22)15(20)7-10-21/h2-6,11,15,21H,7-10H2,1H3,(H,19,22)/t15-/m1/s1. The number of hydrogen-bond acceptors (Lipinski definition) is 4. The summed E-state index contributed by atoms with van der Waals surface area (Å²) < 4.78 is 5.74. The van der Waals surface area contributed by atoms with Crippen LogP contribution in [-0.4, -0.2) is 47.6 Å². The molecular weight excluding hydrogens is 308 g/mol. The molecule has 1 fully saturated rings. The summed E-state index contributed by atoms with van der Waals surface area (Å²) in [6.45, 7) is 2.45. The highest BCUT2D eigenvalue weighted by atomic mass is 16.3. The summed E-state index contributed by atoms with van der Waals surface area (Å²) in [6, 6.07) is 10.5. The van der Waals surface area contributed by atoms with Crippen LogP contribution in [0.3, 0.4) is 0 Å². The van der Waals surface area contributed by atoms with Crippen molar-refractivity contribution in [3.05, 3.63) is 47.7 Å². The molecule has 2 heterocycles. The summed E-state index contributed by atoms with van der Waals surface area (Å²) in [6.07, 6.45) is 0.217. The molecule has 1 aromatic heterocycles. The number of rotatable bonds is 4. The number of aryl methyl sites for hydroxylation is 1. The zero-order valence-electron chi connectivity index (χ0n) is 13.5. The SMILES string of the molecule is Cc1cc(C(=O)N2CCNC(=O)[C@H]2CCO)c(-c2ccccc2)o1. The number of amides is 2. The number of aliphatic hydroxyl groups excluding tert-OH is 1. The molecule has 6 nitrogen and oxygen atoms in total.